The summed E-state index contributed by atoms with van der Waals surface area (Å²) in [6.07, 6.45) is 0.890. The zero-order valence-corrected chi connectivity index (χ0v) is 7.03. The molecule has 0 aliphatic carbocycles. The van der Waals surface area contributed by atoms with E-state index in [4.69, 9.17) is 0 Å². The minimum atomic E-state index is -3.53. The number of hydrogen-bond donors (Lipinski definition) is 0. The lowest BCUT2D eigenvalue weighted by Gasteiger charge is -1.97. The monoisotopic (exact) mass is 192 g/mol. The van der Waals surface area contributed by atoms with E-state index in [1.54, 1.807) is 0 Å². The molecule has 0 spiro atoms. The molecule has 1 aromatic carbocycles. The first-order valence-electron chi connectivity index (χ1n) is 3.06. The van der Waals surface area contributed by atoms with Crippen molar-refractivity contribution < 1.29 is 17.2 Å². The standard InChI is InChI=1S/C7H6F2O2S/c1-12(10,11)7-3-5(8)2-6(9)4-7/h2-4H,1H3. The zero-order chi connectivity index (χ0) is 9.35. The Morgan fingerprint density at radius 1 is 1.08 bits per heavy atom. The fourth-order valence-corrected chi connectivity index (χ4v) is 1.40. The van der Waals surface area contributed by atoms with Crippen LogP contribution in [0.25, 0.3) is 0 Å². The van der Waals surface area contributed by atoms with E-state index >= 15 is 0 Å². The van der Waals surface area contributed by atoms with Crippen molar-refractivity contribution in [2.75, 3.05) is 6.26 Å². The summed E-state index contributed by atoms with van der Waals surface area (Å²) in [5.41, 5.74) is 0. The molecular weight excluding hydrogens is 186 g/mol. The molecule has 0 heterocycles. The Morgan fingerprint density at radius 2 is 1.50 bits per heavy atom. The van der Waals surface area contributed by atoms with E-state index in [1.165, 1.54) is 0 Å². The first-order valence-corrected chi connectivity index (χ1v) is 4.95. The van der Waals surface area contributed by atoms with Gasteiger partial charge in [0.25, 0.3) is 0 Å². The van der Waals surface area contributed by atoms with Gasteiger partial charge >= 0.3 is 0 Å². The smallest absolute Gasteiger partial charge is 0.175 e. The van der Waals surface area contributed by atoms with E-state index in [9.17, 15) is 17.2 Å². The third-order valence-electron chi connectivity index (χ3n) is 1.26. The van der Waals surface area contributed by atoms with Crippen LogP contribution in [0.3, 0.4) is 0 Å². The number of halogens is 2. The van der Waals surface area contributed by atoms with Crippen LogP contribution < -0.4 is 0 Å². The van der Waals surface area contributed by atoms with Crippen LogP contribution >= 0.6 is 0 Å². The molecule has 0 saturated carbocycles. The highest BCUT2D eigenvalue weighted by atomic mass is 32.2. The molecule has 2 nitrogen and oxygen atoms in total. The van der Waals surface area contributed by atoms with Crippen molar-refractivity contribution in [2.45, 2.75) is 4.90 Å². The Hall–Kier alpha value is -0.970. The molecule has 0 aliphatic rings. The normalized spacial score (nSPS) is 11.6. The summed E-state index contributed by atoms with van der Waals surface area (Å²) in [5.74, 6) is -1.79. The second-order valence-electron chi connectivity index (χ2n) is 2.38. The minimum Gasteiger partial charge on any atom is -0.224 e. The molecule has 0 unspecified atom stereocenters. The summed E-state index contributed by atoms with van der Waals surface area (Å²) in [6, 6.07) is 2.17. The molecule has 0 amide bonds. The second kappa shape index (κ2) is 2.82. The molecule has 1 aromatic rings. The van der Waals surface area contributed by atoms with E-state index in [2.05, 4.69) is 0 Å². The van der Waals surface area contributed by atoms with Crippen molar-refractivity contribution in [3.8, 4) is 0 Å². The summed E-state index contributed by atoms with van der Waals surface area (Å²) >= 11 is 0. The lowest BCUT2D eigenvalue weighted by atomic mass is 10.3. The Kier molecular flexibility index (Phi) is 2.14. The van der Waals surface area contributed by atoms with Gasteiger partial charge in [-0.3, -0.25) is 0 Å². The Labute approximate surface area is 68.8 Å². The molecule has 5 heteroatoms. The minimum absolute atomic E-state index is 0.347. The zero-order valence-electron chi connectivity index (χ0n) is 6.21. The maximum Gasteiger partial charge on any atom is 0.175 e. The van der Waals surface area contributed by atoms with Crippen LogP contribution in [0.4, 0.5) is 8.78 Å². The van der Waals surface area contributed by atoms with Crippen molar-refractivity contribution in [2.24, 2.45) is 0 Å². The molecule has 0 aliphatic heterocycles. The summed E-state index contributed by atoms with van der Waals surface area (Å²) in [6.45, 7) is 0. The lowest BCUT2D eigenvalue weighted by Crippen LogP contribution is -1.98. The van der Waals surface area contributed by atoms with E-state index in [0.717, 1.165) is 18.4 Å². The number of rotatable bonds is 1. The molecule has 0 radical (unpaired) electrons. The van der Waals surface area contributed by atoms with Crippen LogP contribution in [0.2, 0.25) is 0 Å². The van der Waals surface area contributed by atoms with Gasteiger partial charge < -0.3 is 0 Å². The van der Waals surface area contributed by atoms with Crippen LogP contribution in [0.5, 0.6) is 0 Å². The average molecular weight is 192 g/mol. The summed E-state index contributed by atoms with van der Waals surface area (Å²) < 4.78 is 46.5. The van der Waals surface area contributed by atoms with E-state index in [-0.39, 0.29) is 4.90 Å². The fraction of sp³-hybridized carbons (Fsp3) is 0.143. The molecule has 0 bridgehead atoms. The van der Waals surface area contributed by atoms with Gasteiger partial charge in [-0.25, -0.2) is 17.2 Å². The van der Waals surface area contributed by atoms with Crippen LogP contribution in [-0.4, -0.2) is 14.7 Å². The highest BCUT2D eigenvalue weighted by Crippen LogP contribution is 2.12. The average Bonchev–Trinajstić information content (AvgIpc) is 1.82. The van der Waals surface area contributed by atoms with Crippen LogP contribution in [0.1, 0.15) is 0 Å². The number of hydrogen-bond acceptors (Lipinski definition) is 2. The van der Waals surface area contributed by atoms with Gasteiger partial charge in [0.05, 0.1) is 4.90 Å². The largest absolute Gasteiger partial charge is 0.224 e. The van der Waals surface area contributed by atoms with Crippen molar-refractivity contribution in [3.05, 3.63) is 29.8 Å². The highest BCUT2D eigenvalue weighted by Gasteiger charge is 2.09. The molecule has 0 saturated heterocycles. The molecule has 0 N–H and O–H groups in total. The third-order valence-corrected chi connectivity index (χ3v) is 2.36. The topological polar surface area (TPSA) is 34.1 Å². The van der Waals surface area contributed by atoms with Crippen molar-refractivity contribution >= 4 is 9.84 Å². The summed E-state index contributed by atoms with van der Waals surface area (Å²) in [7, 11) is -3.53. The Bertz CT molecular complexity index is 378. The fourth-order valence-electron chi connectivity index (χ4n) is 0.743. The van der Waals surface area contributed by atoms with Crippen molar-refractivity contribution in [1.29, 1.82) is 0 Å². The van der Waals surface area contributed by atoms with E-state index in [0.29, 0.717) is 6.07 Å². The molecular formula is C7H6F2O2S. The van der Waals surface area contributed by atoms with Gasteiger partial charge in [0, 0.05) is 12.3 Å². The van der Waals surface area contributed by atoms with E-state index in [1.807, 2.05) is 0 Å². The molecule has 1 rings (SSSR count). The summed E-state index contributed by atoms with van der Waals surface area (Å²) in [5, 5.41) is 0. The van der Waals surface area contributed by atoms with Crippen LogP contribution in [0, 0.1) is 11.6 Å². The van der Waals surface area contributed by atoms with Crippen LogP contribution in [-0.2, 0) is 9.84 Å². The van der Waals surface area contributed by atoms with Gasteiger partial charge in [0.2, 0.25) is 0 Å². The number of benzene rings is 1. The van der Waals surface area contributed by atoms with Gasteiger partial charge in [0.15, 0.2) is 9.84 Å². The Balaban J connectivity index is 3.37. The predicted octanol–water partition coefficient (Wildman–Crippen LogP) is 1.37. The quantitative estimate of drug-likeness (QED) is 0.673. The lowest BCUT2D eigenvalue weighted by molar-refractivity contribution is 0.568. The summed E-state index contributed by atoms with van der Waals surface area (Å²) in [4.78, 5) is -0.347. The van der Waals surface area contributed by atoms with Gasteiger partial charge in [-0.2, -0.15) is 0 Å². The van der Waals surface area contributed by atoms with Crippen molar-refractivity contribution in [3.63, 3.8) is 0 Å². The maximum absolute atomic E-state index is 12.5. The molecule has 0 aromatic heterocycles. The van der Waals surface area contributed by atoms with E-state index < -0.39 is 21.5 Å². The van der Waals surface area contributed by atoms with Gasteiger partial charge in [-0.05, 0) is 12.1 Å². The highest BCUT2D eigenvalue weighted by molar-refractivity contribution is 7.90. The SMILES string of the molecule is CS(=O)(=O)c1cc(F)cc(F)c1. The number of sulfone groups is 1. The molecule has 0 fully saturated rings. The molecule has 0 atom stereocenters. The van der Waals surface area contributed by atoms with Gasteiger partial charge in [-0.15, -0.1) is 0 Å². The van der Waals surface area contributed by atoms with Crippen LogP contribution in [0.15, 0.2) is 23.1 Å². The molecule has 12 heavy (non-hydrogen) atoms. The maximum atomic E-state index is 12.5. The first kappa shape index (κ1) is 9.12. The van der Waals surface area contributed by atoms with Crippen molar-refractivity contribution in [1.82, 2.24) is 0 Å². The third kappa shape index (κ3) is 2.01. The molecule has 66 valence electrons. The Morgan fingerprint density at radius 3 is 1.83 bits per heavy atom. The van der Waals surface area contributed by atoms with Gasteiger partial charge in [0.1, 0.15) is 11.6 Å². The predicted molar refractivity (Wildman–Crippen MR) is 39.5 cm³/mol. The first-order chi connectivity index (χ1) is 5.39. The second-order valence-corrected chi connectivity index (χ2v) is 4.39. The van der Waals surface area contributed by atoms with Gasteiger partial charge in [-0.1, -0.05) is 0 Å².